The first-order valence-corrected chi connectivity index (χ1v) is 5.98. The zero-order valence-corrected chi connectivity index (χ0v) is 11.1. The van der Waals surface area contributed by atoms with Gasteiger partial charge in [0.1, 0.15) is 0 Å². The first kappa shape index (κ1) is 15.4. The number of rotatable bonds is 5. The molecule has 0 spiro atoms. The Morgan fingerprint density at radius 1 is 1.11 bits per heavy atom. The quantitative estimate of drug-likeness (QED) is 0.576. The molecule has 2 unspecified atom stereocenters. The van der Waals surface area contributed by atoms with Crippen molar-refractivity contribution in [3.05, 3.63) is 12.2 Å². The van der Waals surface area contributed by atoms with Crippen molar-refractivity contribution in [3.63, 3.8) is 0 Å². The number of methoxy groups -OCH3 is 1. The molecule has 1 fully saturated rings. The van der Waals surface area contributed by atoms with E-state index in [2.05, 4.69) is 6.58 Å². The zero-order chi connectivity index (χ0) is 14.8. The minimum Gasteiger partial charge on any atom is -0.480 e. The van der Waals surface area contributed by atoms with Gasteiger partial charge in [-0.1, -0.05) is 13.0 Å². The molecule has 1 aliphatic carbocycles. The molecule has 0 amide bonds. The largest absolute Gasteiger partial charge is 0.480 e. The SMILES string of the molecule is C=C(C)C(=O)C1(C(=O)O)CCCCC1(OC)C(=O)O. The molecule has 0 saturated heterocycles. The number of ketones is 1. The average molecular weight is 270 g/mol. The maximum atomic E-state index is 12.3. The maximum Gasteiger partial charge on any atom is 0.337 e. The van der Waals surface area contributed by atoms with Crippen molar-refractivity contribution < 1.29 is 29.3 Å². The molecule has 0 aromatic rings. The third-order valence-electron chi connectivity index (χ3n) is 3.85. The molecular weight excluding hydrogens is 252 g/mol. The van der Waals surface area contributed by atoms with E-state index in [0.29, 0.717) is 12.8 Å². The summed E-state index contributed by atoms with van der Waals surface area (Å²) in [7, 11) is 1.13. The molecule has 19 heavy (non-hydrogen) atoms. The number of carboxylic acids is 2. The second-order valence-electron chi connectivity index (χ2n) is 4.86. The van der Waals surface area contributed by atoms with E-state index < -0.39 is 28.7 Å². The van der Waals surface area contributed by atoms with Crippen molar-refractivity contribution in [2.45, 2.75) is 38.2 Å². The minimum atomic E-state index is -2.10. The Balaban J connectivity index is 3.56. The lowest BCUT2D eigenvalue weighted by atomic mass is 9.59. The van der Waals surface area contributed by atoms with Crippen LogP contribution in [-0.4, -0.2) is 40.6 Å². The molecule has 1 aliphatic rings. The molecule has 106 valence electrons. The number of carbonyl (C=O) groups is 3. The van der Waals surface area contributed by atoms with Crippen molar-refractivity contribution in [1.29, 1.82) is 0 Å². The fraction of sp³-hybridized carbons (Fsp3) is 0.615. The van der Waals surface area contributed by atoms with Gasteiger partial charge in [0.15, 0.2) is 16.8 Å². The van der Waals surface area contributed by atoms with E-state index in [-0.39, 0.29) is 18.4 Å². The van der Waals surface area contributed by atoms with Crippen LogP contribution in [0.2, 0.25) is 0 Å². The van der Waals surface area contributed by atoms with Crippen molar-refractivity contribution in [1.82, 2.24) is 0 Å². The van der Waals surface area contributed by atoms with Crippen molar-refractivity contribution in [3.8, 4) is 0 Å². The molecule has 0 aromatic carbocycles. The predicted octanol–water partition coefficient (Wildman–Crippen LogP) is 1.25. The summed E-state index contributed by atoms with van der Waals surface area (Å²) >= 11 is 0. The van der Waals surface area contributed by atoms with E-state index in [1.54, 1.807) is 0 Å². The standard InChI is InChI=1S/C13H18O6/c1-8(2)9(14)12(10(15)16)6-4-5-7-13(12,19-3)11(17)18/h1,4-7H2,2-3H3,(H,15,16)(H,17,18). The van der Waals surface area contributed by atoms with Gasteiger partial charge in [-0.2, -0.15) is 0 Å². The van der Waals surface area contributed by atoms with Gasteiger partial charge in [0, 0.05) is 7.11 Å². The van der Waals surface area contributed by atoms with Crippen LogP contribution in [-0.2, 0) is 19.1 Å². The molecule has 6 heteroatoms. The van der Waals surface area contributed by atoms with E-state index in [0.717, 1.165) is 7.11 Å². The summed E-state index contributed by atoms with van der Waals surface area (Å²) in [5.74, 6) is -3.67. The number of carboxylic acid groups (broad SMARTS) is 2. The van der Waals surface area contributed by atoms with Gasteiger partial charge in [-0.05, 0) is 31.8 Å². The van der Waals surface area contributed by atoms with Crippen molar-refractivity contribution in [2.75, 3.05) is 7.11 Å². The van der Waals surface area contributed by atoms with Crippen LogP contribution in [0.25, 0.3) is 0 Å². The number of hydrogen-bond donors (Lipinski definition) is 2. The topological polar surface area (TPSA) is 101 Å². The predicted molar refractivity (Wildman–Crippen MR) is 65.7 cm³/mol. The van der Waals surface area contributed by atoms with Crippen LogP contribution in [0.4, 0.5) is 0 Å². The van der Waals surface area contributed by atoms with Crippen LogP contribution in [0.5, 0.6) is 0 Å². The lowest BCUT2D eigenvalue weighted by Gasteiger charge is -2.45. The lowest BCUT2D eigenvalue weighted by Crippen LogP contribution is -2.64. The normalized spacial score (nSPS) is 30.6. The zero-order valence-electron chi connectivity index (χ0n) is 11.1. The fourth-order valence-corrected chi connectivity index (χ4v) is 2.87. The summed E-state index contributed by atoms with van der Waals surface area (Å²) in [4.78, 5) is 35.6. The Hall–Kier alpha value is -1.69. The summed E-state index contributed by atoms with van der Waals surface area (Å²) < 4.78 is 5.05. The molecule has 0 heterocycles. The Bertz CT molecular complexity index is 440. The third-order valence-corrected chi connectivity index (χ3v) is 3.85. The van der Waals surface area contributed by atoms with Gasteiger partial charge in [0.05, 0.1) is 0 Å². The van der Waals surface area contributed by atoms with Gasteiger partial charge in [-0.3, -0.25) is 9.59 Å². The lowest BCUT2D eigenvalue weighted by molar-refractivity contribution is -0.202. The smallest absolute Gasteiger partial charge is 0.337 e. The first-order chi connectivity index (χ1) is 8.76. The van der Waals surface area contributed by atoms with Crippen LogP contribution in [0, 0.1) is 5.41 Å². The number of hydrogen-bond acceptors (Lipinski definition) is 4. The Morgan fingerprint density at radius 2 is 1.63 bits per heavy atom. The van der Waals surface area contributed by atoms with Crippen molar-refractivity contribution in [2.24, 2.45) is 5.41 Å². The average Bonchev–Trinajstić information content (AvgIpc) is 2.36. The van der Waals surface area contributed by atoms with E-state index >= 15 is 0 Å². The van der Waals surface area contributed by atoms with Gasteiger partial charge in [0.25, 0.3) is 0 Å². The summed E-state index contributed by atoms with van der Waals surface area (Å²) in [6.45, 7) is 4.83. The molecule has 1 rings (SSSR count). The van der Waals surface area contributed by atoms with E-state index in [1.165, 1.54) is 6.92 Å². The van der Waals surface area contributed by atoms with E-state index in [4.69, 9.17) is 4.74 Å². The van der Waals surface area contributed by atoms with Crippen LogP contribution >= 0.6 is 0 Å². The Morgan fingerprint density at radius 3 is 2.00 bits per heavy atom. The summed E-state index contributed by atoms with van der Waals surface area (Å²) in [6.07, 6.45) is 0.890. The van der Waals surface area contributed by atoms with E-state index in [1.807, 2.05) is 0 Å². The monoisotopic (exact) mass is 270 g/mol. The molecule has 0 aromatic heterocycles. The number of ether oxygens (including phenoxy) is 1. The second kappa shape index (κ2) is 5.13. The summed E-state index contributed by atoms with van der Waals surface area (Å²) in [6, 6.07) is 0. The van der Waals surface area contributed by atoms with Crippen LogP contribution in [0.15, 0.2) is 12.2 Å². The first-order valence-electron chi connectivity index (χ1n) is 5.98. The highest BCUT2D eigenvalue weighted by molar-refractivity contribution is 6.15. The van der Waals surface area contributed by atoms with Gasteiger partial charge in [-0.25, -0.2) is 4.79 Å². The summed E-state index contributed by atoms with van der Waals surface area (Å²) in [5, 5.41) is 19.0. The molecule has 1 saturated carbocycles. The van der Waals surface area contributed by atoms with Crippen molar-refractivity contribution >= 4 is 17.7 Å². The molecule has 0 bridgehead atoms. The van der Waals surface area contributed by atoms with E-state index in [9.17, 15) is 24.6 Å². The molecular formula is C13H18O6. The number of carbonyl (C=O) groups excluding carboxylic acids is 1. The Labute approximate surface area is 111 Å². The van der Waals surface area contributed by atoms with Crippen LogP contribution in [0.3, 0.4) is 0 Å². The minimum absolute atomic E-state index is 0.00977. The fourth-order valence-electron chi connectivity index (χ4n) is 2.87. The van der Waals surface area contributed by atoms with Gasteiger partial charge >= 0.3 is 11.9 Å². The number of aliphatic carboxylic acids is 2. The van der Waals surface area contributed by atoms with Gasteiger partial charge in [-0.15, -0.1) is 0 Å². The van der Waals surface area contributed by atoms with Crippen LogP contribution < -0.4 is 0 Å². The highest BCUT2D eigenvalue weighted by atomic mass is 16.5. The second-order valence-corrected chi connectivity index (χ2v) is 4.86. The molecule has 2 N–H and O–H groups in total. The molecule has 0 aliphatic heterocycles. The highest BCUT2D eigenvalue weighted by Crippen LogP contribution is 2.49. The number of Topliss-reactive ketones (excluding diaryl/α,β-unsaturated/α-hetero) is 1. The third kappa shape index (κ3) is 1.96. The molecule has 2 atom stereocenters. The molecule has 6 nitrogen and oxygen atoms in total. The highest BCUT2D eigenvalue weighted by Gasteiger charge is 2.67. The van der Waals surface area contributed by atoms with Crippen LogP contribution in [0.1, 0.15) is 32.6 Å². The molecule has 0 radical (unpaired) electrons. The number of allylic oxidation sites excluding steroid dienone is 1. The summed E-state index contributed by atoms with van der Waals surface area (Å²) in [5.41, 5.74) is -4.11. The van der Waals surface area contributed by atoms with Gasteiger partial charge in [0.2, 0.25) is 0 Å². The van der Waals surface area contributed by atoms with Gasteiger partial charge < -0.3 is 14.9 Å². The maximum absolute atomic E-state index is 12.3. The Kier molecular flexibility index (Phi) is 4.15.